The van der Waals surface area contributed by atoms with Gasteiger partial charge in [-0.15, -0.1) is 0 Å². The molecule has 0 unspecified atom stereocenters. The third-order valence-corrected chi connectivity index (χ3v) is 4.34. The maximum Gasteiger partial charge on any atom is 0.119 e. The van der Waals surface area contributed by atoms with Crippen molar-refractivity contribution in [1.82, 2.24) is 4.90 Å². The van der Waals surface area contributed by atoms with Crippen molar-refractivity contribution >= 4 is 11.8 Å². The molecule has 1 aromatic carbocycles. The second kappa shape index (κ2) is 7.49. The van der Waals surface area contributed by atoms with Crippen molar-refractivity contribution in [2.75, 3.05) is 31.2 Å². The number of allylic oxidation sites excluding steroid dienone is 1. The van der Waals surface area contributed by atoms with E-state index in [4.69, 9.17) is 4.74 Å². The number of benzene rings is 1. The summed E-state index contributed by atoms with van der Waals surface area (Å²) in [5.74, 6) is 3.43. The summed E-state index contributed by atoms with van der Waals surface area (Å²) in [6.07, 6.45) is 2.12. The number of hydrogen-bond donors (Lipinski definition) is 0. The van der Waals surface area contributed by atoms with E-state index in [0.29, 0.717) is 0 Å². The van der Waals surface area contributed by atoms with E-state index in [9.17, 15) is 0 Å². The van der Waals surface area contributed by atoms with E-state index in [1.165, 1.54) is 22.8 Å². The van der Waals surface area contributed by atoms with Crippen molar-refractivity contribution in [2.24, 2.45) is 0 Å². The van der Waals surface area contributed by atoms with Gasteiger partial charge >= 0.3 is 0 Å². The highest BCUT2D eigenvalue weighted by Gasteiger charge is 2.11. The SMILES string of the molecule is C=C(CCc1ccc(OCC)cc1)N1CCSCC1. The number of hydrogen-bond acceptors (Lipinski definition) is 3. The van der Waals surface area contributed by atoms with Crippen molar-refractivity contribution in [2.45, 2.75) is 19.8 Å². The quantitative estimate of drug-likeness (QED) is 0.788. The molecule has 0 bridgehead atoms. The van der Waals surface area contributed by atoms with Crippen molar-refractivity contribution in [1.29, 1.82) is 0 Å². The standard InChI is InChI=1S/C16H23NOS/c1-3-18-16-8-6-15(7-9-16)5-4-14(2)17-10-12-19-13-11-17/h6-9H,2-5,10-13H2,1H3. The Morgan fingerprint density at radius 3 is 2.58 bits per heavy atom. The first-order valence-electron chi connectivity index (χ1n) is 7.02. The van der Waals surface area contributed by atoms with Crippen LogP contribution in [-0.4, -0.2) is 36.1 Å². The van der Waals surface area contributed by atoms with Gasteiger partial charge in [-0.1, -0.05) is 18.7 Å². The Morgan fingerprint density at radius 2 is 1.95 bits per heavy atom. The lowest BCUT2D eigenvalue weighted by Gasteiger charge is -2.30. The monoisotopic (exact) mass is 277 g/mol. The molecule has 19 heavy (non-hydrogen) atoms. The largest absolute Gasteiger partial charge is 0.494 e. The maximum absolute atomic E-state index is 5.45. The summed E-state index contributed by atoms with van der Waals surface area (Å²) in [5.41, 5.74) is 2.64. The molecule has 1 fully saturated rings. The van der Waals surface area contributed by atoms with Gasteiger partial charge in [0.15, 0.2) is 0 Å². The molecule has 0 spiro atoms. The first-order chi connectivity index (χ1) is 9.29. The Hall–Kier alpha value is -1.09. The summed E-state index contributed by atoms with van der Waals surface area (Å²) in [5, 5.41) is 0. The van der Waals surface area contributed by atoms with E-state index in [1.54, 1.807) is 0 Å². The van der Waals surface area contributed by atoms with E-state index in [0.717, 1.165) is 38.3 Å². The van der Waals surface area contributed by atoms with Crippen LogP contribution in [0.15, 0.2) is 36.5 Å². The molecule has 0 aliphatic carbocycles. The van der Waals surface area contributed by atoms with Crippen molar-refractivity contribution in [3.05, 3.63) is 42.1 Å². The fourth-order valence-corrected chi connectivity index (χ4v) is 3.15. The van der Waals surface area contributed by atoms with Crippen molar-refractivity contribution < 1.29 is 4.74 Å². The van der Waals surface area contributed by atoms with E-state index >= 15 is 0 Å². The molecule has 0 amide bonds. The molecule has 3 heteroatoms. The van der Waals surface area contributed by atoms with Gasteiger partial charge in [-0.2, -0.15) is 11.8 Å². The smallest absolute Gasteiger partial charge is 0.119 e. The predicted molar refractivity (Wildman–Crippen MR) is 84.0 cm³/mol. The number of rotatable bonds is 6. The average molecular weight is 277 g/mol. The molecule has 2 rings (SSSR count). The topological polar surface area (TPSA) is 12.5 Å². The third-order valence-electron chi connectivity index (χ3n) is 3.39. The molecule has 104 valence electrons. The molecule has 1 saturated heterocycles. The number of nitrogens with zero attached hydrogens (tertiary/aromatic N) is 1. The van der Waals surface area contributed by atoms with Gasteiger partial charge in [0, 0.05) is 30.3 Å². The van der Waals surface area contributed by atoms with E-state index in [1.807, 2.05) is 18.7 Å². The molecule has 0 N–H and O–H groups in total. The second-order valence-electron chi connectivity index (χ2n) is 4.74. The summed E-state index contributed by atoms with van der Waals surface area (Å²) in [6, 6.07) is 8.42. The van der Waals surface area contributed by atoms with Gasteiger partial charge < -0.3 is 9.64 Å². The minimum Gasteiger partial charge on any atom is -0.494 e. The summed E-state index contributed by atoms with van der Waals surface area (Å²) in [4.78, 5) is 2.44. The second-order valence-corrected chi connectivity index (χ2v) is 5.97. The highest BCUT2D eigenvalue weighted by molar-refractivity contribution is 7.99. The van der Waals surface area contributed by atoms with Gasteiger partial charge in [0.25, 0.3) is 0 Å². The highest BCUT2D eigenvalue weighted by atomic mass is 32.2. The normalized spacial score (nSPS) is 15.3. The molecule has 2 nitrogen and oxygen atoms in total. The van der Waals surface area contributed by atoms with Crippen LogP contribution in [0.2, 0.25) is 0 Å². The molecule has 1 heterocycles. The molecule has 0 saturated carbocycles. The summed E-state index contributed by atoms with van der Waals surface area (Å²) in [7, 11) is 0. The zero-order valence-electron chi connectivity index (χ0n) is 11.7. The zero-order chi connectivity index (χ0) is 13.5. The Labute approximate surface area is 120 Å². The van der Waals surface area contributed by atoms with Crippen LogP contribution in [0.25, 0.3) is 0 Å². The fraction of sp³-hybridized carbons (Fsp3) is 0.500. The minimum absolute atomic E-state index is 0.725. The first kappa shape index (κ1) is 14.3. The lowest BCUT2D eigenvalue weighted by molar-refractivity contribution is 0.340. The molecule has 0 atom stereocenters. The van der Waals surface area contributed by atoms with Gasteiger partial charge in [0.1, 0.15) is 5.75 Å². The third kappa shape index (κ3) is 4.50. The van der Waals surface area contributed by atoms with Crippen LogP contribution in [0, 0.1) is 0 Å². The van der Waals surface area contributed by atoms with Crippen molar-refractivity contribution in [3.8, 4) is 5.75 Å². The van der Waals surface area contributed by atoms with Gasteiger partial charge in [-0.3, -0.25) is 0 Å². The van der Waals surface area contributed by atoms with E-state index in [-0.39, 0.29) is 0 Å². The Morgan fingerprint density at radius 1 is 1.26 bits per heavy atom. The molecule has 0 aromatic heterocycles. The van der Waals surface area contributed by atoms with Crippen LogP contribution >= 0.6 is 11.8 Å². The van der Waals surface area contributed by atoms with E-state index in [2.05, 4.69) is 35.7 Å². The maximum atomic E-state index is 5.45. The van der Waals surface area contributed by atoms with E-state index < -0.39 is 0 Å². The lowest BCUT2D eigenvalue weighted by atomic mass is 10.1. The molecule has 0 radical (unpaired) electrons. The Kier molecular flexibility index (Phi) is 5.64. The molecule has 1 aromatic rings. The Balaban J connectivity index is 1.79. The van der Waals surface area contributed by atoms with Crippen molar-refractivity contribution in [3.63, 3.8) is 0 Å². The predicted octanol–water partition coefficient (Wildman–Crippen LogP) is 3.58. The van der Waals surface area contributed by atoms with Crippen LogP contribution in [0.4, 0.5) is 0 Å². The summed E-state index contributed by atoms with van der Waals surface area (Å²) in [6.45, 7) is 9.29. The van der Waals surface area contributed by atoms with Crippen LogP contribution in [-0.2, 0) is 6.42 Å². The number of aryl methyl sites for hydroxylation is 1. The Bertz CT molecular complexity index is 396. The lowest BCUT2D eigenvalue weighted by Crippen LogP contribution is -2.31. The van der Waals surface area contributed by atoms with Crippen LogP contribution in [0.3, 0.4) is 0 Å². The molecule has 1 aliphatic heterocycles. The van der Waals surface area contributed by atoms with Gasteiger partial charge in [0.2, 0.25) is 0 Å². The average Bonchev–Trinajstić information content (AvgIpc) is 2.47. The molecular formula is C16H23NOS. The van der Waals surface area contributed by atoms with Gasteiger partial charge in [-0.25, -0.2) is 0 Å². The van der Waals surface area contributed by atoms with Crippen LogP contribution < -0.4 is 4.74 Å². The van der Waals surface area contributed by atoms with Crippen LogP contribution in [0.1, 0.15) is 18.9 Å². The molecular weight excluding hydrogens is 254 g/mol. The highest BCUT2D eigenvalue weighted by Crippen LogP contribution is 2.18. The zero-order valence-corrected chi connectivity index (χ0v) is 12.5. The minimum atomic E-state index is 0.725. The first-order valence-corrected chi connectivity index (χ1v) is 8.17. The number of ether oxygens (including phenoxy) is 1. The fourth-order valence-electron chi connectivity index (χ4n) is 2.25. The van der Waals surface area contributed by atoms with Gasteiger partial charge in [-0.05, 0) is 37.5 Å². The number of thioether (sulfide) groups is 1. The molecule has 1 aliphatic rings. The summed E-state index contributed by atoms with van der Waals surface area (Å²) >= 11 is 2.04. The summed E-state index contributed by atoms with van der Waals surface area (Å²) < 4.78 is 5.45. The van der Waals surface area contributed by atoms with Crippen LogP contribution in [0.5, 0.6) is 5.75 Å². The van der Waals surface area contributed by atoms with Gasteiger partial charge in [0.05, 0.1) is 6.61 Å².